The fourth-order valence-electron chi connectivity index (χ4n) is 2.49. The molecule has 0 spiro atoms. The Morgan fingerprint density at radius 1 is 0.778 bits per heavy atom. The average Bonchev–Trinajstić information content (AvgIpc) is 2.69. The van der Waals surface area contributed by atoms with Crippen LogP contribution in [0.3, 0.4) is 0 Å². The van der Waals surface area contributed by atoms with Crippen molar-refractivity contribution in [2.75, 3.05) is 19.4 Å². The standard InChI is InChI=1S/C22H20N2O3/c1-24(2)22(26)17-7-6-8-18(15-17)23-21(25)16-11-13-20(14-12-16)27-19-9-4-3-5-10-19/h3-15H,1-2H3,(H,23,25). The fourth-order valence-corrected chi connectivity index (χ4v) is 2.49. The van der Waals surface area contributed by atoms with Gasteiger partial charge in [-0.2, -0.15) is 0 Å². The van der Waals surface area contributed by atoms with Crippen molar-refractivity contribution in [3.05, 3.63) is 90.0 Å². The first-order valence-electron chi connectivity index (χ1n) is 8.49. The van der Waals surface area contributed by atoms with Gasteiger partial charge in [-0.05, 0) is 54.6 Å². The molecule has 2 amide bonds. The van der Waals surface area contributed by atoms with Gasteiger partial charge in [-0.1, -0.05) is 24.3 Å². The van der Waals surface area contributed by atoms with Crippen LogP contribution in [0.15, 0.2) is 78.9 Å². The summed E-state index contributed by atoms with van der Waals surface area (Å²) in [6.45, 7) is 0. The van der Waals surface area contributed by atoms with E-state index in [-0.39, 0.29) is 11.8 Å². The lowest BCUT2D eigenvalue weighted by atomic mass is 10.1. The molecule has 0 aliphatic rings. The average molecular weight is 360 g/mol. The molecule has 5 nitrogen and oxygen atoms in total. The Morgan fingerprint density at radius 2 is 1.44 bits per heavy atom. The van der Waals surface area contributed by atoms with Gasteiger partial charge in [0.25, 0.3) is 11.8 Å². The highest BCUT2D eigenvalue weighted by atomic mass is 16.5. The monoisotopic (exact) mass is 360 g/mol. The summed E-state index contributed by atoms with van der Waals surface area (Å²) in [4.78, 5) is 26.0. The first-order valence-corrected chi connectivity index (χ1v) is 8.49. The molecule has 0 unspecified atom stereocenters. The van der Waals surface area contributed by atoms with Gasteiger partial charge in [0, 0.05) is 30.9 Å². The molecule has 27 heavy (non-hydrogen) atoms. The first kappa shape index (κ1) is 18.2. The van der Waals surface area contributed by atoms with Gasteiger partial charge in [0.1, 0.15) is 11.5 Å². The maximum absolute atomic E-state index is 12.5. The second-order valence-corrected chi connectivity index (χ2v) is 6.17. The minimum absolute atomic E-state index is 0.117. The number of nitrogens with one attached hydrogen (secondary N) is 1. The Balaban J connectivity index is 1.68. The quantitative estimate of drug-likeness (QED) is 0.732. The van der Waals surface area contributed by atoms with E-state index in [1.807, 2.05) is 30.3 Å². The van der Waals surface area contributed by atoms with Gasteiger partial charge in [-0.15, -0.1) is 0 Å². The molecule has 0 aliphatic carbocycles. The molecule has 0 radical (unpaired) electrons. The Kier molecular flexibility index (Phi) is 5.52. The summed E-state index contributed by atoms with van der Waals surface area (Å²) in [6, 6.07) is 23.2. The molecule has 136 valence electrons. The fraction of sp³-hybridized carbons (Fsp3) is 0.0909. The summed E-state index contributed by atoms with van der Waals surface area (Å²) in [6.07, 6.45) is 0. The predicted octanol–water partition coefficient (Wildman–Crippen LogP) is 4.43. The van der Waals surface area contributed by atoms with Crippen LogP contribution in [0.2, 0.25) is 0 Å². The molecular weight excluding hydrogens is 340 g/mol. The number of para-hydroxylation sites is 1. The number of amides is 2. The van der Waals surface area contributed by atoms with Crippen LogP contribution in [-0.2, 0) is 0 Å². The van der Waals surface area contributed by atoms with E-state index in [0.29, 0.717) is 22.6 Å². The Morgan fingerprint density at radius 3 is 2.11 bits per heavy atom. The van der Waals surface area contributed by atoms with Crippen LogP contribution in [0.4, 0.5) is 5.69 Å². The Labute approximate surface area is 158 Å². The van der Waals surface area contributed by atoms with E-state index in [2.05, 4.69) is 5.32 Å². The van der Waals surface area contributed by atoms with Gasteiger partial charge in [0.2, 0.25) is 0 Å². The number of ether oxygens (including phenoxy) is 1. The molecule has 0 heterocycles. The number of carbonyl (C=O) groups is 2. The molecule has 0 bridgehead atoms. The predicted molar refractivity (Wildman–Crippen MR) is 105 cm³/mol. The minimum atomic E-state index is -0.254. The maximum atomic E-state index is 12.5. The van der Waals surface area contributed by atoms with Gasteiger partial charge in [0.15, 0.2) is 0 Å². The SMILES string of the molecule is CN(C)C(=O)c1cccc(NC(=O)c2ccc(Oc3ccccc3)cc2)c1. The number of benzene rings is 3. The van der Waals surface area contributed by atoms with Gasteiger partial charge in [0.05, 0.1) is 0 Å². The third kappa shape index (κ3) is 4.73. The van der Waals surface area contributed by atoms with Crippen LogP contribution < -0.4 is 10.1 Å². The van der Waals surface area contributed by atoms with Crippen molar-refractivity contribution in [1.82, 2.24) is 4.90 Å². The molecule has 3 aromatic carbocycles. The number of hydrogen-bond donors (Lipinski definition) is 1. The molecular formula is C22H20N2O3. The molecule has 0 saturated carbocycles. The lowest BCUT2D eigenvalue weighted by Crippen LogP contribution is -2.21. The van der Waals surface area contributed by atoms with E-state index in [1.165, 1.54) is 4.90 Å². The summed E-state index contributed by atoms with van der Waals surface area (Å²) in [7, 11) is 3.37. The zero-order valence-corrected chi connectivity index (χ0v) is 15.2. The first-order chi connectivity index (χ1) is 13.0. The highest BCUT2D eigenvalue weighted by molar-refractivity contribution is 6.05. The minimum Gasteiger partial charge on any atom is -0.457 e. The molecule has 1 N–H and O–H groups in total. The van der Waals surface area contributed by atoms with Crippen molar-refractivity contribution in [3.8, 4) is 11.5 Å². The summed E-state index contributed by atoms with van der Waals surface area (Å²) < 4.78 is 5.72. The zero-order valence-electron chi connectivity index (χ0n) is 15.2. The van der Waals surface area contributed by atoms with Crippen LogP contribution in [0.25, 0.3) is 0 Å². The topological polar surface area (TPSA) is 58.6 Å². The summed E-state index contributed by atoms with van der Waals surface area (Å²) in [5.41, 5.74) is 1.58. The van der Waals surface area contributed by atoms with E-state index in [1.54, 1.807) is 62.6 Å². The van der Waals surface area contributed by atoms with Crippen molar-refractivity contribution < 1.29 is 14.3 Å². The third-order valence-electron chi connectivity index (χ3n) is 3.87. The smallest absolute Gasteiger partial charge is 0.255 e. The van der Waals surface area contributed by atoms with Gasteiger partial charge < -0.3 is 15.0 Å². The van der Waals surface area contributed by atoms with Gasteiger partial charge >= 0.3 is 0 Å². The van der Waals surface area contributed by atoms with Crippen LogP contribution in [0.5, 0.6) is 11.5 Å². The molecule has 0 aromatic heterocycles. The normalized spacial score (nSPS) is 10.1. The second kappa shape index (κ2) is 8.19. The number of rotatable bonds is 5. The van der Waals surface area contributed by atoms with Crippen LogP contribution in [0.1, 0.15) is 20.7 Å². The lowest BCUT2D eigenvalue weighted by molar-refractivity contribution is 0.0827. The van der Waals surface area contributed by atoms with Crippen molar-refractivity contribution in [3.63, 3.8) is 0 Å². The number of carbonyl (C=O) groups excluding carboxylic acids is 2. The van der Waals surface area contributed by atoms with Crippen LogP contribution in [0, 0.1) is 0 Å². The third-order valence-corrected chi connectivity index (χ3v) is 3.87. The number of hydrogen-bond acceptors (Lipinski definition) is 3. The number of nitrogens with zero attached hydrogens (tertiary/aromatic N) is 1. The van der Waals surface area contributed by atoms with E-state index in [9.17, 15) is 9.59 Å². The highest BCUT2D eigenvalue weighted by Crippen LogP contribution is 2.21. The molecule has 0 fully saturated rings. The molecule has 0 atom stereocenters. The van der Waals surface area contributed by atoms with Crippen molar-refractivity contribution in [1.29, 1.82) is 0 Å². The van der Waals surface area contributed by atoms with Crippen molar-refractivity contribution >= 4 is 17.5 Å². The van der Waals surface area contributed by atoms with E-state index in [0.717, 1.165) is 5.75 Å². The largest absolute Gasteiger partial charge is 0.457 e. The molecule has 3 aromatic rings. The summed E-state index contributed by atoms with van der Waals surface area (Å²) in [5, 5.41) is 2.81. The Bertz CT molecular complexity index is 935. The van der Waals surface area contributed by atoms with E-state index < -0.39 is 0 Å². The molecule has 0 saturated heterocycles. The highest BCUT2D eigenvalue weighted by Gasteiger charge is 2.11. The Hall–Kier alpha value is -3.60. The van der Waals surface area contributed by atoms with Gasteiger partial charge in [-0.3, -0.25) is 9.59 Å². The van der Waals surface area contributed by atoms with E-state index >= 15 is 0 Å². The van der Waals surface area contributed by atoms with Crippen molar-refractivity contribution in [2.24, 2.45) is 0 Å². The molecule has 5 heteroatoms. The number of anilines is 1. The molecule has 0 aliphatic heterocycles. The summed E-state index contributed by atoms with van der Waals surface area (Å²) >= 11 is 0. The maximum Gasteiger partial charge on any atom is 0.255 e. The second-order valence-electron chi connectivity index (χ2n) is 6.17. The summed E-state index contributed by atoms with van der Waals surface area (Å²) in [5.74, 6) is 1.01. The van der Waals surface area contributed by atoms with E-state index in [4.69, 9.17) is 4.74 Å². The van der Waals surface area contributed by atoms with Gasteiger partial charge in [-0.25, -0.2) is 0 Å². The van der Waals surface area contributed by atoms with Crippen LogP contribution in [-0.4, -0.2) is 30.8 Å². The lowest BCUT2D eigenvalue weighted by Gasteiger charge is -2.12. The zero-order chi connectivity index (χ0) is 19.2. The van der Waals surface area contributed by atoms with Crippen LogP contribution >= 0.6 is 0 Å². The molecule has 3 rings (SSSR count). The van der Waals surface area contributed by atoms with Crippen molar-refractivity contribution in [2.45, 2.75) is 0 Å².